The number of para-hydroxylation sites is 3. The quantitative estimate of drug-likeness (QED) is 0.560. The van der Waals surface area contributed by atoms with Crippen molar-refractivity contribution in [3.8, 4) is 5.75 Å². The van der Waals surface area contributed by atoms with Gasteiger partial charge in [0.1, 0.15) is 5.75 Å². The molecule has 1 aromatic heterocycles. The van der Waals surface area contributed by atoms with E-state index in [-0.39, 0.29) is 17.7 Å². The van der Waals surface area contributed by atoms with Gasteiger partial charge in [-0.05, 0) is 37.1 Å². The molecular weight excluding hydrogens is 406 g/mol. The average molecular weight is 434 g/mol. The second-order valence-corrected chi connectivity index (χ2v) is 9.22. The second kappa shape index (κ2) is 8.71. The predicted octanol–water partition coefficient (Wildman–Crippen LogP) is 4.70. The van der Waals surface area contributed by atoms with E-state index in [2.05, 4.69) is 46.2 Å². The van der Waals surface area contributed by atoms with Crippen LogP contribution < -0.4 is 9.64 Å². The molecule has 1 aliphatic carbocycles. The number of methoxy groups -OCH3 is 1. The zero-order valence-corrected chi connectivity index (χ0v) is 18.6. The van der Waals surface area contributed by atoms with Crippen molar-refractivity contribution in [3.05, 3.63) is 65.7 Å². The third kappa shape index (κ3) is 3.92. The fourth-order valence-electron chi connectivity index (χ4n) is 4.70. The highest BCUT2D eigenvalue weighted by atomic mass is 32.1. The molecule has 0 spiro atoms. The minimum Gasteiger partial charge on any atom is -0.495 e. The van der Waals surface area contributed by atoms with Gasteiger partial charge in [0.15, 0.2) is 0 Å². The Morgan fingerprint density at radius 2 is 1.74 bits per heavy atom. The Bertz CT molecular complexity index is 1070. The molecule has 160 valence electrons. The first-order chi connectivity index (χ1) is 15.2. The van der Waals surface area contributed by atoms with Gasteiger partial charge in [0.2, 0.25) is 5.91 Å². The number of rotatable bonds is 4. The molecule has 0 radical (unpaired) electrons. The maximum Gasteiger partial charge on any atom is 0.226 e. The molecule has 0 saturated carbocycles. The molecule has 1 amide bonds. The molecule has 1 aliphatic heterocycles. The number of carbonyl (C=O) groups excluding carboxylic acids is 1. The predicted molar refractivity (Wildman–Crippen MR) is 126 cm³/mol. The van der Waals surface area contributed by atoms with Crippen LogP contribution in [0.2, 0.25) is 0 Å². The number of anilines is 1. The molecule has 2 unspecified atom stereocenters. The number of benzene rings is 2. The van der Waals surface area contributed by atoms with Gasteiger partial charge in [-0.1, -0.05) is 36.4 Å². The Balaban J connectivity index is 1.30. The summed E-state index contributed by atoms with van der Waals surface area (Å²) in [5.74, 6) is 1.30. The van der Waals surface area contributed by atoms with Crippen molar-refractivity contribution in [1.82, 2.24) is 9.88 Å². The lowest BCUT2D eigenvalue weighted by Gasteiger charge is -2.39. The number of carbonyl (C=O) groups is 1. The normalized spacial score (nSPS) is 21.5. The lowest BCUT2D eigenvalue weighted by Crippen LogP contribution is -2.51. The largest absolute Gasteiger partial charge is 0.495 e. The molecule has 31 heavy (non-hydrogen) atoms. The number of ether oxygens (including phenoxy) is 1. The summed E-state index contributed by atoms with van der Waals surface area (Å²) >= 11 is 1.74. The van der Waals surface area contributed by atoms with Crippen molar-refractivity contribution in [1.29, 1.82) is 0 Å². The number of aromatic nitrogens is 1. The van der Waals surface area contributed by atoms with Crippen LogP contribution in [0.15, 0.2) is 60.7 Å². The number of hydrogen-bond acceptors (Lipinski definition) is 5. The van der Waals surface area contributed by atoms with E-state index in [9.17, 15) is 4.79 Å². The van der Waals surface area contributed by atoms with Crippen molar-refractivity contribution in [2.24, 2.45) is 5.92 Å². The molecule has 5 rings (SSSR count). The maximum atomic E-state index is 13.5. The molecule has 2 aliphatic rings. The number of thiazole rings is 1. The summed E-state index contributed by atoms with van der Waals surface area (Å²) in [6.07, 6.45) is 6.06. The van der Waals surface area contributed by atoms with E-state index in [0.717, 1.165) is 61.0 Å². The molecule has 0 N–H and O–H groups in total. The van der Waals surface area contributed by atoms with E-state index in [1.54, 1.807) is 18.4 Å². The molecule has 5 nitrogen and oxygen atoms in total. The highest BCUT2D eigenvalue weighted by Crippen LogP contribution is 2.39. The van der Waals surface area contributed by atoms with E-state index < -0.39 is 0 Å². The summed E-state index contributed by atoms with van der Waals surface area (Å²) in [5, 5.41) is 1.09. The van der Waals surface area contributed by atoms with Gasteiger partial charge in [-0.25, -0.2) is 4.98 Å². The van der Waals surface area contributed by atoms with Gasteiger partial charge in [-0.3, -0.25) is 4.79 Å². The van der Waals surface area contributed by atoms with Crippen LogP contribution in [-0.4, -0.2) is 49.1 Å². The van der Waals surface area contributed by atoms with Crippen LogP contribution in [-0.2, 0) is 4.79 Å². The molecule has 3 aromatic rings. The van der Waals surface area contributed by atoms with Crippen LogP contribution in [0.25, 0.3) is 10.2 Å². The highest BCUT2D eigenvalue weighted by molar-refractivity contribution is 7.18. The first-order valence-electron chi connectivity index (χ1n) is 10.9. The Labute approximate surface area is 187 Å². The smallest absolute Gasteiger partial charge is 0.226 e. The SMILES string of the molecule is COc1ccccc1N1CCN(C(=O)C2CC=CCC2c2nc3ccccc3s2)CC1. The lowest BCUT2D eigenvalue weighted by molar-refractivity contribution is -0.136. The molecular formula is C25H27N3O2S. The van der Waals surface area contributed by atoms with Gasteiger partial charge < -0.3 is 14.5 Å². The molecule has 0 bridgehead atoms. The van der Waals surface area contributed by atoms with Gasteiger partial charge in [-0.2, -0.15) is 0 Å². The maximum absolute atomic E-state index is 13.5. The summed E-state index contributed by atoms with van der Waals surface area (Å²) in [5.41, 5.74) is 2.14. The van der Waals surface area contributed by atoms with Crippen LogP contribution >= 0.6 is 11.3 Å². The minimum absolute atomic E-state index is 0.0247. The van der Waals surface area contributed by atoms with Crippen molar-refractivity contribution >= 4 is 33.1 Å². The number of hydrogen-bond donors (Lipinski definition) is 0. The van der Waals surface area contributed by atoms with Crippen molar-refractivity contribution in [3.63, 3.8) is 0 Å². The van der Waals surface area contributed by atoms with E-state index in [0.29, 0.717) is 0 Å². The molecule has 2 heterocycles. The zero-order valence-electron chi connectivity index (χ0n) is 17.7. The van der Waals surface area contributed by atoms with E-state index in [1.807, 2.05) is 24.3 Å². The summed E-state index contributed by atoms with van der Waals surface area (Å²) < 4.78 is 6.72. The van der Waals surface area contributed by atoms with Gasteiger partial charge >= 0.3 is 0 Å². The highest BCUT2D eigenvalue weighted by Gasteiger charge is 2.36. The van der Waals surface area contributed by atoms with Crippen LogP contribution in [0.5, 0.6) is 5.75 Å². The second-order valence-electron chi connectivity index (χ2n) is 8.16. The first-order valence-corrected chi connectivity index (χ1v) is 11.7. The fraction of sp³-hybridized carbons (Fsp3) is 0.360. The van der Waals surface area contributed by atoms with E-state index >= 15 is 0 Å². The Morgan fingerprint density at radius 1 is 1.00 bits per heavy atom. The van der Waals surface area contributed by atoms with Gasteiger partial charge in [-0.15, -0.1) is 11.3 Å². The van der Waals surface area contributed by atoms with Gasteiger partial charge in [0.25, 0.3) is 0 Å². The number of allylic oxidation sites excluding steroid dienone is 2. The number of fused-ring (bicyclic) bond motifs is 1. The first kappa shape index (κ1) is 20.1. The third-order valence-electron chi connectivity index (χ3n) is 6.39. The number of nitrogens with zero attached hydrogens (tertiary/aromatic N) is 3. The average Bonchev–Trinajstić information content (AvgIpc) is 3.28. The topological polar surface area (TPSA) is 45.7 Å². The number of piperazine rings is 1. The Kier molecular flexibility index (Phi) is 5.64. The molecule has 1 saturated heterocycles. The van der Waals surface area contributed by atoms with E-state index in [1.165, 1.54) is 4.70 Å². The summed E-state index contributed by atoms with van der Waals surface area (Å²) in [6, 6.07) is 16.3. The van der Waals surface area contributed by atoms with Crippen LogP contribution in [0.3, 0.4) is 0 Å². The molecule has 2 atom stereocenters. The van der Waals surface area contributed by atoms with Crippen molar-refractivity contribution in [2.45, 2.75) is 18.8 Å². The number of amides is 1. The Morgan fingerprint density at radius 3 is 2.55 bits per heavy atom. The summed E-state index contributed by atoms with van der Waals surface area (Å²) in [7, 11) is 1.71. The summed E-state index contributed by atoms with van der Waals surface area (Å²) in [4.78, 5) is 22.8. The van der Waals surface area contributed by atoms with Crippen molar-refractivity contribution < 1.29 is 9.53 Å². The zero-order chi connectivity index (χ0) is 21.2. The van der Waals surface area contributed by atoms with Crippen LogP contribution in [0.1, 0.15) is 23.8 Å². The van der Waals surface area contributed by atoms with Crippen LogP contribution in [0, 0.1) is 5.92 Å². The summed E-state index contributed by atoms with van der Waals surface area (Å²) in [6.45, 7) is 3.12. The molecule has 2 aromatic carbocycles. The van der Waals surface area contributed by atoms with Crippen LogP contribution in [0.4, 0.5) is 5.69 Å². The fourth-order valence-corrected chi connectivity index (χ4v) is 5.85. The lowest BCUT2D eigenvalue weighted by atomic mass is 9.82. The van der Waals surface area contributed by atoms with Crippen molar-refractivity contribution in [2.75, 3.05) is 38.2 Å². The minimum atomic E-state index is -0.0247. The molecule has 1 fully saturated rings. The third-order valence-corrected chi connectivity index (χ3v) is 7.56. The standard InChI is InChI=1S/C25H27N3O2S/c1-30-22-12-6-5-11-21(22)27-14-16-28(17-15-27)25(29)19-9-3-2-8-18(19)24-26-20-10-4-7-13-23(20)31-24/h2-7,10-13,18-19H,8-9,14-17H2,1H3. The monoisotopic (exact) mass is 433 g/mol. The molecule has 6 heteroatoms. The Hall–Kier alpha value is -2.86. The van der Waals surface area contributed by atoms with E-state index in [4.69, 9.17) is 9.72 Å². The van der Waals surface area contributed by atoms with Gasteiger partial charge in [0, 0.05) is 32.1 Å². The van der Waals surface area contributed by atoms with Gasteiger partial charge in [0.05, 0.1) is 33.9 Å².